The molecule has 1 aliphatic heterocycles. The number of hydrogen-bond acceptors (Lipinski definition) is 6. The molecule has 1 aromatic rings. The minimum absolute atomic E-state index is 0.296. The van der Waals surface area contributed by atoms with Crippen molar-refractivity contribution < 1.29 is 28.5 Å². The molecule has 1 fully saturated rings. The zero-order chi connectivity index (χ0) is 18.1. The van der Waals surface area contributed by atoms with Crippen LogP contribution in [0.25, 0.3) is 0 Å². The zero-order valence-corrected chi connectivity index (χ0v) is 14.3. The van der Waals surface area contributed by atoms with Crippen LogP contribution in [-0.4, -0.2) is 37.4 Å². The number of benzene rings is 1. The highest BCUT2D eigenvalue weighted by atomic mass is 16.7. The lowest BCUT2D eigenvalue weighted by Gasteiger charge is -2.09. The van der Waals surface area contributed by atoms with Gasteiger partial charge in [0.05, 0.1) is 13.2 Å². The molecule has 0 aromatic heterocycles. The smallest absolute Gasteiger partial charge is 0.330 e. The SMILES string of the molecule is CCOC(=O)/C=C/[C@H]1OC(c2ccccc2)O[C@@H]1/C=C/C(=O)OCC. The fourth-order valence-electron chi connectivity index (χ4n) is 2.28. The van der Waals surface area contributed by atoms with Crippen LogP contribution in [-0.2, 0) is 28.5 Å². The highest BCUT2D eigenvalue weighted by molar-refractivity contribution is 5.82. The van der Waals surface area contributed by atoms with Crippen LogP contribution in [0.5, 0.6) is 0 Å². The third-order valence-electron chi connectivity index (χ3n) is 3.37. The Labute approximate surface area is 147 Å². The second kappa shape index (κ2) is 9.76. The van der Waals surface area contributed by atoms with E-state index in [0.717, 1.165) is 5.56 Å². The van der Waals surface area contributed by atoms with E-state index in [9.17, 15) is 9.59 Å². The van der Waals surface area contributed by atoms with Crippen LogP contribution in [0.4, 0.5) is 0 Å². The van der Waals surface area contributed by atoms with E-state index in [1.807, 2.05) is 30.3 Å². The maximum atomic E-state index is 11.5. The molecule has 1 aromatic carbocycles. The van der Waals surface area contributed by atoms with Crippen molar-refractivity contribution in [2.24, 2.45) is 0 Å². The van der Waals surface area contributed by atoms with Gasteiger partial charge in [-0.3, -0.25) is 0 Å². The van der Waals surface area contributed by atoms with Gasteiger partial charge in [0.25, 0.3) is 0 Å². The lowest BCUT2D eigenvalue weighted by Crippen LogP contribution is -2.19. The second-order valence-corrected chi connectivity index (χ2v) is 5.17. The van der Waals surface area contributed by atoms with Gasteiger partial charge in [-0.25, -0.2) is 9.59 Å². The molecule has 0 bridgehead atoms. The third-order valence-corrected chi connectivity index (χ3v) is 3.37. The van der Waals surface area contributed by atoms with Crippen LogP contribution in [0.15, 0.2) is 54.6 Å². The molecule has 0 aliphatic carbocycles. The normalized spacial score (nSPS) is 21.0. The maximum absolute atomic E-state index is 11.5. The monoisotopic (exact) mass is 346 g/mol. The van der Waals surface area contributed by atoms with Crippen molar-refractivity contribution in [3.8, 4) is 0 Å². The number of hydrogen-bond donors (Lipinski definition) is 0. The van der Waals surface area contributed by atoms with Gasteiger partial charge in [-0.05, 0) is 26.0 Å². The molecule has 6 nitrogen and oxygen atoms in total. The molecule has 0 saturated carbocycles. The predicted octanol–water partition coefficient (Wildman–Crippen LogP) is 2.71. The first kappa shape index (κ1) is 18.9. The van der Waals surface area contributed by atoms with Gasteiger partial charge in [0, 0.05) is 17.7 Å². The van der Waals surface area contributed by atoms with E-state index < -0.39 is 30.4 Å². The lowest BCUT2D eigenvalue weighted by molar-refractivity contribution is -0.138. The van der Waals surface area contributed by atoms with E-state index >= 15 is 0 Å². The first-order valence-corrected chi connectivity index (χ1v) is 8.19. The Hall–Kier alpha value is -2.44. The van der Waals surface area contributed by atoms with Crippen molar-refractivity contribution in [1.29, 1.82) is 0 Å². The Morgan fingerprint density at radius 2 is 1.40 bits per heavy atom. The van der Waals surface area contributed by atoms with E-state index in [1.165, 1.54) is 12.2 Å². The van der Waals surface area contributed by atoms with E-state index in [2.05, 4.69) is 0 Å². The summed E-state index contributed by atoms with van der Waals surface area (Å²) in [6.45, 7) is 4.06. The number of rotatable bonds is 7. The lowest BCUT2D eigenvalue weighted by atomic mass is 10.2. The quantitative estimate of drug-likeness (QED) is 0.558. The van der Waals surface area contributed by atoms with E-state index in [4.69, 9.17) is 18.9 Å². The van der Waals surface area contributed by atoms with Gasteiger partial charge in [0.1, 0.15) is 12.2 Å². The van der Waals surface area contributed by atoms with Crippen molar-refractivity contribution in [2.45, 2.75) is 32.3 Å². The summed E-state index contributed by atoms with van der Waals surface area (Å²) in [6.07, 6.45) is 4.10. The van der Waals surface area contributed by atoms with Gasteiger partial charge in [-0.15, -0.1) is 0 Å². The summed E-state index contributed by atoms with van der Waals surface area (Å²) >= 11 is 0. The number of carbonyl (C=O) groups excluding carboxylic acids is 2. The molecular weight excluding hydrogens is 324 g/mol. The van der Waals surface area contributed by atoms with E-state index in [0.29, 0.717) is 13.2 Å². The standard InChI is InChI=1S/C19H22O6/c1-3-22-17(20)12-10-15-16(11-13-18(21)23-4-2)25-19(24-15)14-8-6-5-7-9-14/h5-13,15-16,19H,3-4H2,1-2H3/b12-10+,13-11+/t15-,16-/m1/s1. The molecule has 0 amide bonds. The highest BCUT2D eigenvalue weighted by Gasteiger charge is 2.34. The van der Waals surface area contributed by atoms with Gasteiger partial charge in [-0.1, -0.05) is 30.3 Å². The van der Waals surface area contributed by atoms with Crippen LogP contribution < -0.4 is 0 Å². The minimum Gasteiger partial charge on any atom is -0.463 e. The molecule has 0 radical (unpaired) electrons. The summed E-state index contributed by atoms with van der Waals surface area (Å²) in [6, 6.07) is 9.43. The molecule has 134 valence electrons. The van der Waals surface area contributed by atoms with Crippen LogP contribution in [0, 0.1) is 0 Å². The number of ether oxygens (including phenoxy) is 4. The van der Waals surface area contributed by atoms with Crippen LogP contribution >= 0.6 is 0 Å². The highest BCUT2D eigenvalue weighted by Crippen LogP contribution is 2.32. The molecule has 1 aliphatic rings. The summed E-state index contributed by atoms with van der Waals surface area (Å²) in [5.74, 6) is -0.912. The van der Waals surface area contributed by atoms with Gasteiger partial charge in [0.15, 0.2) is 6.29 Å². The van der Waals surface area contributed by atoms with Crippen molar-refractivity contribution in [2.75, 3.05) is 13.2 Å². The number of esters is 2. The molecule has 2 atom stereocenters. The van der Waals surface area contributed by atoms with Crippen molar-refractivity contribution >= 4 is 11.9 Å². The summed E-state index contributed by atoms with van der Waals surface area (Å²) in [7, 11) is 0. The average Bonchev–Trinajstić information content (AvgIpc) is 3.03. The largest absolute Gasteiger partial charge is 0.463 e. The molecule has 6 heteroatoms. The van der Waals surface area contributed by atoms with Gasteiger partial charge < -0.3 is 18.9 Å². The Kier molecular flexibility index (Phi) is 7.37. The Morgan fingerprint density at radius 3 is 1.84 bits per heavy atom. The fraction of sp³-hybridized carbons (Fsp3) is 0.368. The Morgan fingerprint density at radius 1 is 0.920 bits per heavy atom. The van der Waals surface area contributed by atoms with Crippen LogP contribution in [0.3, 0.4) is 0 Å². The maximum Gasteiger partial charge on any atom is 0.330 e. The van der Waals surface area contributed by atoms with E-state index in [1.54, 1.807) is 26.0 Å². The first-order valence-electron chi connectivity index (χ1n) is 8.19. The molecule has 0 spiro atoms. The third kappa shape index (κ3) is 5.85. The molecular formula is C19H22O6. The van der Waals surface area contributed by atoms with Gasteiger partial charge in [-0.2, -0.15) is 0 Å². The zero-order valence-electron chi connectivity index (χ0n) is 14.3. The topological polar surface area (TPSA) is 71.1 Å². The summed E-state index contributed by atoms with van der Waals surface area (Å²) in [4.78, 5) is 23.0. The number of carbonyl (C=O) groups is 2. The average molecular weight is 346 g/mol. The van der Waals surface area contributed by atoms with Gasteiger partial charge in [0.2, 0.25) is 0 Å². The molecule has 0 N–H and O–H groups in total. The summed E-state index contributed by atoms with van der Waals surface area (Å²) < 4.78 is 21.5. The second-order valence-electron chi connectivity index (χ2n) is 5.17. The molecule has 1 heterocycles. The molecule has 0 unspecified atom stereocenters. The van der Waals surface area contributed by atoms with E-state index in [-0.39, 0.29) is 0 Å². The fourth-order valence-corrected chi connectivity index (χ4v) is 2.28. The Balaban J connectivity index is 2.11. The first-order chi connectivity index (χ1) is 12.1. The summed E-state index contributed by atoms with van der Waals surface area (Å²) in [5.41, 5.74) is 0.851. The predicted molar refractivity (Wildman–Crippen MR) is 90.5 cm³/mol. The molecule has 25 heavy (non-hydrogen) atoms. The molecule has 1 saturated heterocycles. The van der Waals surface area contributed by atoms with Crippen molar-refractivity contribution in [1.82, 2.24) is 0 Å². The Bertz CT molecular complexity index is 586. The van der Waals surface area contributed by atoms with Crippen molar-refractivity contribution in [3.63, 3.8) is 0 Å². The summed E-state index contributed by atoms with van der Waals surface area (Å²) in [5, 5.41) is 0. The minimum atomic E-state index is -0.588. The van der Waals surface area contributed by atoms with Crippen molar-refractivity contribution in [3.05, 3.63) is 60.2 Å². The van der Waals surface area contributed by atoms with Crippen LogP contribution in [0.2, 0.25) is 0 Å². The molecule has 2 rings (SSSR count). The van der Waals surface area contributed by atoms with Crippen LogP contribution in [0.1, 0.15) is 25.7 Å². The van der Waals surface area contributed by atoms with Gasteiger partial charge >= 0.3 is 11.9 Å².